The molecule has 0 spiro atoms. The van der Waals surface area contributed by atoms with E-state index in [0.29, 0.717) is 22.9 Å². The van der Waals surface area contributed by atoms with Crippen molar-refractivity contribution in [3.05, 3.63) is 76.8 Å². The van der Waals surface area contributed by atoms with Gasteiger partial charge in [-0.15, -0.1) is 0 Å². The van der Waals surface area contributed by atoms with Crippen molar-refractivity contribution in [3.63, 3.8) is 0 Å². The van der Waals surface area contributed by atoms with Gasteiger partial charge in [0.2, 0.25) is 25.0 Å². The normalized spacial score (nSPS) is 16.5. The van der Waals surface area contributed by atoms with Crippen LogP contribution >= 0.6 is 11.6 Å². The molecule has 38 heavy (non-hydrogen) atoms. The van der Waals surface area contributed by atoms with Crippen LogP contribution in [0.2, 0.25) is 5.02 Å². The minimum Gasteiger partial charge on any atom is -0.376 e. The smallest absolute Gasteiger partial charge is 0.243 e. The van der Waals surface area contributed by atoms with Gasteiger partial charge >= 0.3 is 0 Å². The van der Waals surface area contributed by atoms with Crippen LogP contribution in [0.3, 0.4) is 0 Å². The summed E-state index contributed by atoms with van der Waals surface area (Å²) >= 11 is 5.96. The van der Waals surface area contributed by atoms with Gasteiger partial charge in [0.1, 0.15) is 5.82 Å². The molecule has 0 N–H and O–H groups in total. The van der Waals surface area contributed by atoms with Crippen molar-refractivity contribution in [1.29, 1.82) is 0 Å². The lowest BCUT2D eigenvalue weighted by molar-refractivity contribution is 0.0937. The summed E-state index contributed by atoms with van der Waals surface area (Å²) in [5.41, 5.74) is 0.864. The molecule has 1 aliphatic heterocycles. The Labute approximate surface area is 228 Å². The monoisotopic (exact) mass is 583 g/mol. The molecular formula is C26H31ClFN3O5S2. The predicted octanol–water partition coefficient (Wildman–Crippen LogP) is 4.68. The molecule has 1 saturated heterocycles. The standard InChI is InChI=1S/C26H31ClFN3O5S2/c1-19(2)15-30(38(34,35)25-11-7-21(27)8-12-25)16-23-14-29-26(31(23)17-24-4-3-13-36-24)37(32,33)18-20-5-9-22(28)10-6-20/h5-12,14,19,24H,3-4,13,15-18H2,1-2H3. The van der Waals surface area contributed by atoms with Crippen LogP contribution in [0.25, 0.3) is 0 Å². The molecule has 0 radical (unpaired) electrons. The highest BCUT2D eigenvalue weighted by atomic mass is 35.5. The highest BCUT2D eigenvalue weighted by Crippen LogP contribution is 2.26. The second-order valence-corrected chi connectivity index (χ2v) is 14.1. The van der Waals surface area contributed by atoms with E-state index in [1.54, 1.807) is 4.57 Å². The molecule has 1 aromatic heterocycles. The Morgan fingerprint density at radius 3 is 2.39 bits per heavy atom. The van der Waals surface area contributed by atoms with Gasteiger partial charge in [-0.25, -0.2) is 26.2 Å². The molecule has 0 bridgehead atoms. The zero-order valence-corrected chi connectivity index (χ0v) is 23.6. The number of hydrogen-bond acceptors (Lipinski definition) is 6. The van der Waals surface area contributed by atoms with Crippen molar-refractivity contribution >= 4 is 31.5 Å². The summed E-state index contributed by atoms with van der Waals surface area (Å²) < 4.78 is 76.1. The summed E-state index contributed by atoms with van der Waals surface area (Å²) in [4.78, 5) is 4.34. The molecule has 2 heterocycles. The largest absolute Gasteiger partial charge is 0.376 e. The van der Waals surface area contributed by atoms with Crippen LogP contribution in [-0.4, -0.2) is 49.9 Å². The Kier molecular flexibility index (Phi) is 8.93. The number of sulfonamides is 1. The Hall–Kier alpha value is -2.31. The first-order valence-corrected chi connectivity index (χ1v) is 15.8. The third kappa shape index (κ3) is 6.81. The molecular weight excluding hydrogens is 553 g/mol. The molecule has 1 fully saturated rings. The van der Waals surface area contributed by atoms with E-state index in [1.807, 2.05) is 13.8 Å². The fourth-order valence-electron chi connectivity index (χ4n) is 4.41. The van der Waals surface area contributed by atoms with Gasteiger partial charge < -0.3 is 9.30 Å². The molecule has 4 rings (SSSR count). The summed E-state index contributed by atoms with van der Waals surface area (Å²) in [6.07, 6.45) is 2.82. The maximum atomic E-state index is 13.6. The number of benzene rings is 2. The van der Waals surface area contributed by atoms with Crippen LogP contribution in [0.4, 0.5) is 4.39 Å². The van der Waals surface area contributed by atoms with E-state index in [4.69, 9.17) is 16.3 Å². The summed E-state index contributed by atoms with van der Waals surface area (Å²) in [5, 5.41) is 0.255. The van der Waals surface area contributed by atoms with Gasteiger partial charge in [0, 0.05) is 18.2 Å². The average molecular weight is 584 g/mol. The van der Waals surface area contributed by atoms with Crippen LogP contribution in [0.15, 0.2) is 64.8 Å². The minimum absolute atomic E-state index is 0.00768. The third-order valence-electron chi connectivity index (χ3n) is 6.22. The molecule has 1 aliphatic rings. The molecule has 2 aromatic carbocycles. The first kappa shape index (κ1) is 28.7. The highest BCUT2D eigenvalue weighted by molar-refractivity contribution is 7.90. The van der Waals surface area contributed by atoms with Crippen molar-refractivity contribution in [2.75, 3.05) is 13.2 Å². The summed E-state index contributed by atoms with van der Waals surface area (Å²) in [7, 11) is -7.85. The number of aromatic nitrogens is 2. The summed E-state index contributed by atoms with van der Waals surface area (Å²) in [6.45, 7) is 4.77. The number of hydrogen-bond donors (Lipinski definition) is 0. The zero-order valence-electron chi connectivity index (χ0n) is 21.3. The molecule has 1 atom stereocenters. The molecule has 3 aromatic rings. The van der Waals surface area contributed by atoms with E-state index >= 15 is 0 Å². The fraction of sp³-hybridized carbons (Fsp3) is 0.423. The van der Waals surface area contributed by atoms with Crippen LogP contribution < -0.4 is 0 Å². The van der Waals surface area contributed by atoms with Crippen molar-refractivity contribution in [2.24, 2.45) is 5.92 Å². The predicted molar refractivity (Wildman–Crippen MR) is 142 cm³/mol. The number of halogens is 2. The van der Waals surface area contributed by atoms with Gasteiger partial charge in [-0.1, -0.05) is 37.6 Å². The van der Waals surface area contributed by atoms with E-state index in [1.165, 1.54) is 59.0 Å². The lowest BCUT2D eigenvalue weighted by Crippen LogP contribution is -2.35. The van der Waals surface area contributed by atoms with Gasteiger partial charge in [0.15, 0.2) is 0 Å². The first-order valence-electron chi connectivity index (χ1n) is 12.3. The van der Waals surface area contributed by atoms with Crippen molar-refractivity contribution in [1.82, 2.24) is 13.9 Å². The molecule has 12 heteroatoms. The zero-order chi connectivity index (χ0) is 27.5. The van der Waals surface area contributed by atoms with Gasteiger partial charge in [-0.2, -0.15) is 4.31 Å². The Bertz CT molecular complexity index is 1450. The van der Waals surface area contributed by atoms with Crippen molar-refractivity contribution in [3.8, 4) is 0 Å². The second kappa shape index (κ2) is 11.8. The molecule has 0 saturated carbocycles. The molecule has 1 unspecified atom stereocenters. The topological polar surface area (TPSA) is 98.6 Å². The summed E-state index contributed by atoms with van der Waals surface area (Å²) in [6, 6.07) is 11.2. The maximum absolute atomic E-state index is 13.6. The van der Waals surface area contributed by atoms with Crippen molar-refractivity contribution < 1.29 is 26.0 Å². The minimum atomic E-state index is -3.94. The quantitative estimate of drug-likeness (QED) is 0.325. The Balaban J connectivity index is 1.71. The van der Waals surface area contributed by atoms with E-state index in [2.05, 4.69) is 4.98 Å². The average Bonchev–Trinajstić information content (AvgIpc) is 3.51. The van der Waals surface area contributed by atoms with Crippen LogP contribution in [-0.2, 0) is 43.4 Å². The number of nitrogens with zero attached hydrogens (tertiary/aromatic N) is 3. The number of sulfone groups is 1. The molecule has 0 aliphatic carbocycles. The fourth-order valence-corrected chi connectivity index (χ4v) is 7.61. The molecule has 0 amide bonds. The second-order valence-electron chi connectivity index (χ2n) is 9.81. The van der Waals surface area contributed by atoms with Gasteiger partial charge in [0.05, 0.1) is 41.7 Å². The van der Waals surface area contributed by atoms with Gasteiger partial charge in [0.25, 0.3) is 0 Å². The van der Waals surface area contributed by atoms with Crippen LogP contribution in [0.5, 0.6) is 0 Å². The summed E-state index contributed by atoms with van der Waals surface area (Å²) in [5.74, 6) is -0.817. The van der Waals surface area contributed by atoms with Crippen LogP contribution in [0, 0.1) is 11.7 Å². The van der Waals surface area contributed by atoms with E-state index in [0.717, 1.165) is 12.8 Å². The van der Waals surface area contributed by atoms with Gasteiger partial charge in [-0.3, -0.25) is 0 Å². The lowest BCUT2D eigenvalue weighted by atomic mass is 10.2. The molecule has 8 nitrogen and oxygen atoms in total. The van der Waals surface area contributed by atoms with Crippen LogP contribution in [0.1, 0.15) is 37.9 Å². The number of rotatable bonds is 11. The SMILES string of the molecule is CC(C)CN(Cc1cnc(S(=O)(=O)Cc2ccc(F)cc2)n1CC1CCCO1)S(=O)(=O)c1ccc(Cl)cc1. The third-order valence-corrected chi connectivity index (χ3v) is 9.89. The van der Waals surface area contributed by atoms with Crippen molar-refractivity contribution in [2.45, 2.75) is 61.7 Å². The van der Waals surface area contributed by atoms with E-state index in [-0.39, 0.29) is 47.5 Å². The number of imidazole rings is 1. The maximum Gasteiger partial charge on any atom is 0.243 e. The Morgan fingerprint density at radius 1 is 1.11 bits per heavy atom. The van der Waals surface area contributed by atoms with Gasteiger partial charge in [-0.05, 0) is 60.7 Å². The van der Waals surface area contributed by atoms with E-state index < -0.39 is 25.7 Å². The Morgan fingerprint density at radius 2 is 1.79 bits per heavy atom. The molecule has 206 valence electrons. The highest BCUT2D eigenvalue weighted by Gasteiger charge is 2.31. The van der Waals surface area contributed by atoms with E-state index in [9.17, 15) is 21.2 Å². The lowest BCUT2D eigenvalue weighted by Gasteiger charge is -2.25. The number of ether oxygens (including phenoxy) is 1. The first-order chi connectivity index (χ1) is 18.0.